The Labute approximate surface area is 166 Å². The number of carbonyl (C=O) groups is 1. The van der Waals surface area contributed by atoms with Gasteiger partial charge in [0.15, 0.2) is 0 Å². The molecule has 0 fully saturated rings. The van der Waals surface area contributed by atoms with Gasteiger partial charge in [0.2, 0.25) is 0 Å². The standard InChI is InChI=1S/C24H28FNO2/c1-3-4-10-20-21(15-17-8-6-5-7-9-17)16(2)26-23(22(20)24(27)28)18-11-13-19(25)14-12-18/h5-9,11-14,16,20-22H,3-4,10,15H2,1-2H3,(H,27,28). The second-order valence-electron chi connectivity index (χ2n) is 7.74. The maximum Gasteiger partial charge on any atom is 0.312 e. The summed E-state index contributed by atoms with van der Waals surface area (Å²) in [5, 5.41) is 10.1. The smallest absolute Gasteiger partial charge is 0.312 e. The summed E-state index contributed by atoms with van der Waals surface area (Å²) in [5.74, 6) is -1.66. The van der Waals surface area contributed by atoms with Crippen LogP contribution in [0, 0.1) is 23.6 Å². The third-order valence-corrected chi connectivity index (χ3v) is 5.85. The van der Waals surface area contributed by atoms with Crippen molar-refractivity contribution in [1.82, 2.24) is 0 Å². The lowest BCUT2D eigenvalue weighted by molar-refractivity contribution is -0.142. The van der Waals surface area contributed by atoms with Gasteiger partial charge in [0, 0.05) is 0 Å². The lowest BCUT2D eigenvalue weighted by Gasteiger charge is -2.39. The molecule has 148 valence electrons. The Hall–Kier alpha value is -2.49. The quantitative estimate of drug-likeness (QED) is 0.700. The lowest BCUT2D eigenvalue weighted by atomic mass is 9.68. The van der Waals surface area contributed by atoms with E-state index in [9.17, 15) is 14.3 Å². The van der Waals surface area contributed by atoms with Gasteiger partial charge in [0.25, 0.3) is 0 Å². The maximum absolute atomic E-state index is 13.4. The number of halogens is 1. The number of aliphatic imine (C=N–C) groups is 1. The topological polar surface area (TPSA) is 49.7 Å². The van der Waals surface area contributed by atoms with Gasteiger partial charge in [-0.3, -0.25) is 9.79 Å². The normalized spacial score (nSPS) is 24.6. The second kappa shape index (κ2) is 9.13. The van der Waals surface area contributed by atoms with E-state index in [1.54, 1.807) is 12.1 Å². The lowest BCUT2D eigenvalue weighted by Crippen LogP contribution is -2.44. The summed E-state index contributed by atoms with van der Waals surface area (Å²) in [6.45, 7) is 4.21. The van der Waals surface area contributed by atoms with Crippen molar-refractivity contribution < 1.29 is 14.3 Å². The summed E-state index contributed by atoms with van der Waals surface area (Å²) in [7, 11) is 0. The minimum atomic E-state index is -0.839. The van der Waals surface area contributed by atoms with Crippen LogP contribution in [0.5, 0.6) is 0 Å². The summed E-state index contributed by atoms with van der Waals surface area (Å²) < 4.78 is 13.4. The van der Waals surface area contributed by atoms with E-state index in [4.69, 9.17) is 4.99 Å². The van der Waals surface area contributed by atoms with Crippen LogP contribution in [-0.4, -0.2) is 22.8 Å². The van der Waals surface area contributed by atoms with Gasteiger partial charge in [-0.15, -0.1) is 0 Å². The van der Waals surface area contributed by atoms with Crippen LogP contribution in [-0.2, 0) is 11.2 Å². The van der Waals surface area contributed by atoms with E-state index < -0.39 is 11.9 Å². The summed E-state index contributed by atoms with van der Waals surface area (Å²) in [6, 6.07) is 16.3. The largest absolute Gasteiger partial charge is 0.481 e. The Balaban J connectivity index is 2.01. The van der Waals surface area contributed by atoms with Crippen molar-refractivity contribution >= 4 is 11.7 Å². The first-order chi connectivity index (χ1) is 13.5. The third-order valence-electron chi connectivity index (χ3n) is 5.85. The average Bonchev–Trinajstić information content (AvgIpc) is 2.69. The number of unbranched alkanes of at least 4 members (excludes halogenated alkanes) is 1. The molecule has 2 aromatic rings. The Morgan fingerprint density at radius 1 is 1.07 bits per heavy atom. The molecule has 1 aliphatic heterocycles. The average molecular weight is 381 g/mol. The fourth-order valence-electron chi connectivity index (χ4n) is 4.41. The van der Waals surface area contributed by atoms with Crippen molar-refractivity contribution in [3.05, 3.63) is 71.5 Å². The predicted octanol–water partition coefficient (Wildman–Crippen LogP) is 5.38. The van der Waals surface area contributed by atoms with E-state index in [1.165, 1.54) is 17.7 Å². The first-order valence-corrected chi connectivity index (χ1v) is 10.1. The van der Waals surface area contributed by atoms with E-state index in [1.807, 2.05) is 18.2 Å². The number of carboxylic acids is 1. The highest BCUT2D eigenvalue weighted by atomic mass is 19.1. The molecule has 0 spiro atoms. The van der Waals surface area contributed by atoms with Crippen LogP contribution < -0.4 is 0 Å². The molecule has 0 aromatic heterocycles. The molecule has 3 rings (SSSR count). The number of hydrogen-bond acceptors (Lipinski definition) is 2. The molecule has 2 aromatic carbocycles. The Morgan fingerprint density at radius 3 is 2.36 bits per heavy atom. The minimum absolute atomic E-state index is 0.00482. The predicted molar refractivity (Wildman–Crippen MR) is 110 cm³/mol. The molecule has 0 aliphatic carbocycles. The van der Waals surface area contributed by atoms with Gasteiger partial charge < -0.3 is 5.11 Å². The second-order valence-corrected chi connectivity index (χ2v) is 7.74. The fraction of sp³-hybridized carbons (Fsp3) is 0.417. The molecule has 0 amide bonds. The first kappa shape index (κ1) is 20.2. The van der Waals surface area contributed by atoms with E-state index in [-0.39, 0.29) is 23.7 Å². The molecule has 4 heteroatoms. The number of nitrogens with zero attached hydrogens (tertiary/aromatic N) is 1. The van der Waals surface area contributed by atoms with Crippen LogP contribution in [0.3, 0.4) is 0 Å². The molecule has 3 nitrogen and oxygen atoms in total. The van der Waals surface area contributed by atoms with Gasteiger partial charge in [-0.05, 0) is 54.9 Å². The number of rotatable bonds is 7. The number of benzene rings is 2. The molecule has 1 aliphatic rings. The molecule has 0 saturated heterocycles. The van der Waals surface area contributed by atoms with E-state index in [0.717, 1.165) is 25.7 Å². The molecule has 28 heavy (non-hydrogen) atoms. The zero-order valence-corrected chi connectivity index (χ0v) is 16.5. The van der Waals surface area contributed by atoms with E-state index in [2.05, 4.69) is 26.0 Å². The van der Waals surface area contributed by atoms with Crippen molar-refractivity contribution in [1.29, 1.82) is 0 Å². The van der Waals surface area contributed by atoms with Gasteiger partial charge in [-0.2, -0.15) is 0 Å². The summed E-state index contributed by atoms with van der Waals surface area (Å²) in [4.78, 5) is 17.2. The number of carboxylic acid groups (broad SMARTS) is 1. The summed E-state index contributed by atoms with van der Waals surface area (Å²) in [6.07, 6.45) is 3.69. The number of hydrogen-bond donors (Lipinski definition) is 1. The highest BCUT2D eigenvalue weighted by Crippen LogP contribution is 2.39. The van der Waals surface area contributed by atoms with Crippen molar-refractivity contribution in [2.45, 2.75) is 45.6 Å². The molecule has 1 N–H and O–H groups in total. The van der Waals surface area contributed by atoms with Gasteiger partial charge in [-0.25, -0.2) is 4.39 Å². The zero-order valence-electron chi connectivity index (χ0n) is 16.5. The molecule has 0 saturated carbocycles. The highest BCUT2D eigenvalue weighted by Gasteiger charge is 2.43. The molecular formula is C24H28FNO2. The van der Waals surface area contributed by atoms with E-state index >= 15 is 0 Å². The van der Waals surface area contributed by atoms with Gasteiger partial charge in [0.1, 0.15) is 11.7 Å². The van der Waals surface area contributed by atoms with Gasteiger partial charge in [-0.1, -0.05) is 62.2 Å². The molecule has 4 atom stereocenters. The Bertz CT molecular complexity index is 816. The summed E-state index contributed by atoms with van der Waals surface area (Å²) in [5.41, 5.74) is 2.51. The molecular weight excluding hydrogens is 353 g/mol. The molecule has 0 bridgehead atoms. The van der Waals surface area contributed by atoms with Crippen molar-refractivity contribution in [3.63, 3.8) is 0 Å². The summed E-state index contributed by atoms with van der Waals surface area (Å²) >= 11 is 0. The van der Waals surface area contributed by atoms with Crippen LogP contribution in [0.25, 0.3) is 0 Å². The van der Waals surface area contributed by atoms with Crippen molar-refractivity contribution in [2.24, 2.45) is 22.7 Å². The van der Waals surface area contributed by atoms with Crippen LogP contribution >= 0.6 is 0 Å². The number of aliphatic carboxylic acids is 1. The molecule has 4 unspecified atom stereocenters. The van der Waals surface area contributed by atoms with Crippen molar-refractivity contribution in [3.8, 4) is 0 Å². The minimum Gasteiger partial charge on any atom is -0.481 e. The zero-order chi connectivity index (χ0) is 20.1. The fourth-order valence-corrected chi connectivity index (χ4v) is 4.41. The first-order valence-electron chi connectivity index (χ1n) is 10.1. The van der Waals surface area contributed by atoms with Crippen molar-refractivity contribution in [2.75, 3.05) is 0 Å². The molecule has 1 heterocycles. The van der Waals surface area contributed by atoms with Crippen LogP contribution in [0.1, 0.15) is 44.2 Å². The van der Waals surface area contributed by atoms with E-state index in [0.29, 0.717) is 11.3 Å². The monoisotopic (exact) mass is 381 g/mol. The SMILES string of the molecule is CCCCC1C(C(=O)O)C(c2ccc(F)cc2)=NC(C)C1Cc1ccccc1. The third kappa shape index (κ3) is 4.49. The van der Waals surface area contributed by atoms with Crippen LogP contribution in [0.2, 0.25) is 0 Å². The van der Waals surface area contributed by atoms with Gasteiger partial charge in [0.05, 0.1) is 11.8 Å². The van der Waals surface area contributed by atoms with Crippen LogP contribution in [0.15, 0.2) is 59.6 Å². The van der Waals surface area contributed by atoms with Crippen LogP contribution in [0.4, 0.5) is 4.39 Å². The maximum atomic E-state index is 13.4. The molecule has 0 radical (unpaired) electrons. The Morgan fingerprint density at radius 2 is 1.75 bits per heavy atom. The van der Waals surface area contributed by atoms with Gasteiger partial charge >= 0.3 is 5.97 Å². The highest BCUT2D eigenvalue weighted by molar-refractivity contribution is 6.12. The Kier molecular flexibility index (Phi) is 6.61.